The van der Waals surface area contributed by atoms with Gasteiger partial charge < -0.3 is 40.5 Å². The van der Waals surface area contributed by atoms with Gasteiger partial charge in [0.1, 0.15) is 23.9 Å². The minimum atomic E-state index is -1.27. The van der Waals surface area contributed by atoms with Crippen LogP contribution in [0.5, 0.6) is 5.75 Å². The Bertz CT molecular complexity index is 1710. The molecule has 1 fully saturated rings. The number of likely N-dealkylation sites (N-methyl/N-ethyl adjacent to an activating group) is 1. The van der Waals surface area contributed by atoms with Crippen molar-refractivity contribution in [1.82, 2.24) is 31.1 Å². The number of benzene rings is 2. The largest absolute Gasteiger partial charge is 0.493 e. The van der Waals surface area contributed by atoms with Gasteiger partial charge in [0, 0.05) is 27.1 Å². The number of hydrogen-bond acceptors (Lipinski definition) is 9. The molecule has 55 heavy (non-hydrogen) atoms. The molecule has 4 bridgehead atoms. The molecule has 0 aliphatic carbocycles. The van der Waals surface area contributed by atoms with Crippen LogP contribution >= 0.6 is 0 Å². The van der Waals surface area contributed by atoms with Crippen molar-refractivity contribution in [1.29, 1.82) is 0 Å². The van der Waals surface area contributed by atoms with Crippen LogP contribution in [0.4, 0.5) is 0 Å². The van der Waals surface area contributed by atoms with Crippen molar-refractivity contribution < 1.29 is 43.0 Å². The lowest BCUT2D eigenvalue weighted by atomic mass is 9.85. The fourth-order valence-corrected chi connectivity index (χ4v) is 6.56. The minimum absolute atomic E-state index is 0.0130. The van der Waals surface area contributed by atoms with Crippen LogP contribution in [0.25, 0.3) is 0 Å². The molecular formula is C40H54N6O9. The monoisotopic (exact) mass is 762 g/mol. The Labute approximate surface area is 322 Å². The molecule has 298 valence electrons. The normalized spacial score (nSPS) is 20.3. The maximum absolute atomic E-state index is 14.3. The third-order valence-corrected chi connectivity index (χ3v) is 9.43. The van der Waals surface area contributed by atoms with Crippen LogP contribution in [0.3, 0.4) is 0 Å². The zero-order valence-electron chi connectivity index (χ0n) is 32.5. The molecule has 15 nitrogen and oxygen atoms in total. The standard InChI is InChI=1S/C40H54N6O9/c1-7-13-28(34(49)37(51)41-24-31(48)43-32(38(52)45(5)6)26-15-9-8-10-16-26)42-36(50)33-29-18-19-46(33)39(53)35(40(2,3)4)44-30(47)23-25-14-11-17-27(22-25)54-20-12-21-55-29/h8-11,14-17,22,28-29,32-33,35H,7,12-13,18-21,23-24H2,1-6H3,(H,41,51)(H,42,50)(H,43,48)(H,44,47)/t28?,29-,32-,33?,35+/m0/s1. The Morgan fingerprint density at radius 3 is 2.38 bits per heavy atom. The average molecular weight is 763 g/mol. The first-order chi connectivity index (χ1) is 26.1. The van der Waals surface area contributed by atoms with Gasteiger partial charge in [0.25, 0.3) is 5.91 Å². The van der Waals surface area contributed by atoms with Gasteiger partial charge in [-0.15, -0.1) is 0 Å². The average Bonchev–Trinajstić information content (AvgIpc) is 3.57. The Hall–Kier alpha value is -5.31. The van der Waals surface area contributed by atoms with Gasteiger partial charge in [0.05, 0.1) is 38.3 Å². The first-order valence-corrected chi connectivity index (χ1v) is 18.7. The van der Waals surface area contributed by atoms with E-state index in [-0.39, 0.29) is 37.8 Å². The van der Waals surface area contributed by atoms with Crippen LogP contribution in [-0.4, -0.2) is 116 Å². The van der Waals surface area contributed by atoms with Crippen LogP contribution in [0.2, 0.25) is 0 Å². The van der Waals surface area contributed by atoms with Gasteiger partial charge in [-0.05, 0) is 41.5 Å². The number of hydrogen-bond donors (Lipinski definition) is 4. The van der Waals surface area contributed by atoms with Crippen molar-refractivity contribution in [3.8, 4) is 5.75 Å². The van der Waals surface area contributed by atoms with Crippen LogP contribution in [0.15, 0.2) is 54.6 Å². The number of nitrogens with one attached hydrogen (secondary N) is 4. The van der Waals surface area contributed by atoms with Crippen molar-refractivity contribution in [3.63, 3.8) is 0 Å². The highest BCUT2D eigenvalue weighted by molar-refractivity contribution is 6.38. The molecule has 4 N–H and O–H groups in total. The third kappa shape index (κ3) is 11.6. The summed E-state index contributed by atoms with van der Waals surface area (Å²) in [6.45, 7) is 7.33. The molecule has 5 atom stereocenters. The molecule has 2 aliphatic heterocycles. The number of fused-ring (bicyclic) bond motifs is 4. The van der Waals surface area contributed by atoms with E-state index in [0.29, 0.717) is 42.7 Å². The van der Waals surface area contributed by atoms with Crippen molar-refractivity contribution >= 4 is 41.2 Å². The lowest BCUT2D eigenvalue weighted by molar-refractivity contribution is -0.147. The van der Waals surface area contributed by atoms with E-state index < -0.39 is 71.6 Å². The summed E-state index contributed by atoms with van der Waals surface area (Å²) in [5.41, 5.74) is 0.511. The van der Waals surface area contributed by atoms with E-state index in [2.05, 4.69) is 21.3 Å². The molecule has 2 aliphatic rings. The SMILES string of the molecule is CCCC(NC(=O)C1[C@@H]2CCN1C(=O)[C@H](C(C)(C)C)NC(=O)Cc1cccc(c1)OCCCO2)C(=O)C(=O)NCC(=O)N[C@H](C(=O)N(C)C)c1ccccc1. The quantitative estimate of drug-likeness (QED) is 0.246. The van der Waals surface area contributed by atoms with E-state index in [1.807, 2.05) is 20.8 Å². The zero-order valence-corrected chi connectivity index (χ0v) is 32.5. The zero-order chi connectivity index (χ0) is 40.3. The first kappa shape index (κ1) is 42.4. The van der Waals surface area contributed by atoms with Crippen LogP contribution in [0, 0.1) is 5.41 Å². The van der Waals surface area contributed by atoms with Crippen molar-refractivity contribution in [2.45, 2.75) is 90.1 Å². The summed E-state index contributed by atoms with van der Waals surface area (Å²) in [5, 5.41) is 10.5. The molecule has 0 radical (unpaired) electrons. The van der Waals surface area contributed by atoms with Gasteiger partial charge in [-0.3, -0.25) is 33.6 Å². The summed E-state index contributed by atoms with van der Waals surface area (Å²) in [6.07, 6.45) is 0.589. The summed E-state index contributed by atoms with van der Waals surface area (Å²) >= 11 is 0. The number of ketones is 1. The van der Waals surface area contributed by atoms with Crippen LogP contribution < -0.4 is 26.0 Å². The second-order valence-electron chi connectivity index (χ2n) is 15.1. The second-order valence-corrected chi connectivity index (χ2v) is 15.1. The molecule has 15 heteroatoms. The van der Waals surface area contributed by atoms with Gasteiger partial charge >= 0.3 is 0 Å². The van der Waals surface area contributed by atoms with Crippen LogP contribution in [-0.2, 0) is 44.7 Å². The van der Waals surface area contributed by atoms with E-state index in [1.54, 1.807) is 75.6 Å². The molecule has 0 aromatic heterocycles. The minimum Gasteiger partial charge on any atom is -0.493 e. The summed E-state index contributed by atoms with van der Waals surface area (Å²) in [7, 11) is 3.11. The molecule has 0 saturated carbocycles. The summed E-state index contributed by atoms with van der Waals surface area (Å²) in [4.78, 5) is 96.8. The van der Waals surface area contributed by atoms with Gasteiger partial charge in [0.2, 0.25) is 35.3 Å². The number of Topliss-reactive ketones (excluding diaryl/α,β-unsaturated/α-hetero) is 1. The predicted molar refractivity (Wildman–Crippen MR) is 202 cm³/mol. The number of ether oxygens (including phenoxy) is 2. The Morgan fingerprint density at radius 2 is 1.71 bits per heavy atom. The third-order valence-electron chi connectivity index (χ3n) is 9.43. The maximum Gasteiger partial charge on any atom is 0.290 e. The van der Waals surface area contributed by atoms with Gasteiger partial charge in [-0.2, -0.15) is 0 Å². The Kier molecular flexibility index (Phi) is 14.9. The lowest BCUT2D eigenvalue weighted by Gasteiger charge is -2.36. The highest BCUT2D eigenvalue weighted by Gasteiger charge is 2.47. The molecular weight excluding hydrogens is 708 g/mol. The fourth-order valence-electron chi connectivity index (χ4n) is 6.56. The Morgan fingerprint density at radius 1 is 0.982 bits per heavy atom. The number of carbonyl (C=O) groups excluding carboxylic acids is 7. The molecule has 1 saturated heterocycles. The van der Waals surface area contributed by atoms with E-state index >= 15 is 0 Å². The summed E-state index contributed by atoms with van der Waals surface area (Å²) < 4.78 is 12.0. The number of rotatable bonds is 11. The summed E-state index contributed by atoms with van der Waals surface area (Å²) in [5.74, 6) is -4.11. The second kappa shape index (κ2) is 19.3. The lowest BCUT2D eigenvalue weighted by Crippen LogP contribution is -2.61. The van der Waals surface area contributed by atoms with Crippen molar-refractivity contribution in [3.05, 3.63) is 65.7 Å². The number of carbonyl (C=O) groups is 7. The topological polar surface area (TPSA) is 193 Å². The van der Waals surface area contributed by atoms with Crippen molar-refractivity contribution in [2.24, 2.45) is 5.41 Å². The molecule has 2 aromatic carbocycles. The highest BCUT2D eigenvalue weighted by Crippen LogP contribution is 2.28. The molecule has 4 rings (SSSR count). The first-order valence-electron chi connectivity index (χ1n) is 18.7. The highest BCUT2D eigenvalue weighted by atomic mass is 16.5. The molecule has 2 unspecified atom stereocenters. The molecule has 2 heterocycles. The van der Waals surface area contributed by atoms with E-state index in [1.165, 1.54) is 9.80 Å². The molecule has 0 spiro atoms. The molecule has 6 amide bonds. The van der Waals surface area contributed by atoms with Gasteiger partial charge in [0.15, 0.2) is 0 Å². The predicted octanol–water partition coefficient (Wildman–Crippen LogP) is 1.44. The molecule has 2 aromatic rings. The van der Waals surface area contributed by atoms with Gasteiger partial charge in [-0.1, -0.05) is 76.6 Å². The Balaban J connectivity index is 1.49. The van der Waals surface area contributed by atoms with E-state index in [9.17, 15) is 33.6 Å². The van der Waals surface area contributed by atoms with Crippen LogP contribution in [0.1, 0.15) is 70.5 Å². The maximum atomic E-state index is 14.3. The van der Waals surface area contributed by atoms with Crippen molar-refractivity contribution in [2.75, 3.05) is 40.4 Å². The van der Waals surface area contributed by atoms with E-state index in [0.717, 1.165) is 0 Å². The number of nitrogens with zero attached hydrogens (tertiary/aromatic N) is 2. The van der Waals surface area contributed by atoms with Gasteiger partial charge in [-0.25, -0.2) is 0 Å². The smallest absolute Gasteiger partial charge is 0.290 e. The summed E-state index contributed by atoms with van der Waals surface area (Å²) in [6, 6.07) is 11.3. The number of amides is 6. The fraction of sp³-hybridized carbons (Fsp3) is 0.525. The van der Waals surface area contributed by atoms with E-state index in [4.69, 9.17) is 9.47 Å².